The number of carbonyl (C=O) groups is 1. The van der Waals surface area contributed by atoms with Crippen LogP contribution in [-0.2, 0) is 11.2 Å². The highest BCUT2D eigenvalue weighted by Gasteiger charge is 2.22. The number of amides is 1. The third-order valence-electron chi connectivity index (χ3n) is 3.70. The monoisotopic (exact) mass is 286 g/mol. The Hall–Kier alpha value is -2.44. The molecule has 110 valence electrons. The summed E-state index contributed by atoms with van der Waals surface area (Å²) in [5.74, 6) is 0.501. The minimum atomic E-state index is 0.0558. The van der Waals surface area contributed by atoms with Crippen LogP contribution in [0.3, 0.4) is 0 Å². The molecule has 0 aliphatic carbocycles. The second kappa shape index (κ2) is 5.90. The summed E-state index contributed by atoms with van der Waals surface area (Å²) >= 11 is 0. The fourth-order valence-corrected chi connectivity index (χ4v) is 2.54. The fourth-order valence-electron chi connectivity index (χ4n) is 2.54. The van der Waals surface area contributed by atoms with Crippen LogP contribution in [0.2, 0.25) is 0 Å². The van der Waals surface area contributed by atoms with Crippen LogP contribution in [0.1, 0.15) is 11.4 Å². The van der Waals surface area contributed by atoms with Crippen LogP contribution in [-0.4, -0.2) is 57.6 Å². The lowest BCUT2D eigenvalue weighted by Gasteiger charge is -2.36. The summed E-state index contributed by atoms with van der Waals surface area (Å²) in [7, 11) is 0. The quantitative estimate of drug-likeness (QED) is 0.883. The van der Waals surface area contributed by atoms with E-state index in [1.165, 1.54) is 11.3 Å². The number of hydrogen-bond acceptors (Lipinski definition) is 5. The molecule has 0 radical (unpaired) electrons. The minimum Gasteiger partial charge on any atom is -0.368 e. The average Bonchev–Trinajstić information content (AvgIpc) is 3.00. The number of tetrazole rings is 1. The van der Waals surface area contributed by atoms with Crippen molar-refractivity contribution in [2.75, 3.05) is 31.1 Å². The van der Waals surface area contributed by atoms with E-state index in [9.17, 15) is 4.79 Å². The van der Waals surface area contributed by atoms with E-state index in [1.54, 1.807) is 0 Å². The van der Waals surface area contributed by atoms with Crippen LogP contribution in [0.25, 0.3) is 0 Å². The maximum Gasteiger partial charge on any atom is 0.230 e. The van der Waals surface area contributed by atoms with Gasteiger partial charge in [0.2, 0.25) is 5.91 Å². The van der Waals surface area contributed by atoms with Crippen LogP contribution in [0.5, 0.6) is 0 Å². The molecule has 21 heavy (non-hydrogen) atoms. The van der Waals surface area contributed by atoms with E-state index in [2.05, 4.69) is 56.7 Å². The summed E-state index contributed by atoms with van der Waals surface area (Å²) in [5.41, 5.74) is 2.48. The summed E-state index contributed by atoms with van der Waals surface area (Å²) in [5, 5.41) is 13.5. The molecule has 1 aliphatic heterocycles. The minimum absolute atomic E-state index is 0.0558. The molecule has 0 unspecified atom stereocenters. The number of benzene rings is 1. The number of aromatic amines is 1. The van der Waals surface area contributed by atoms with Gasteiger partial charge in [-0.3, -0.25) is 4.79 Å². The predicted molar refractivity (Wildman–Crippen MR) is 77.9 cm³/mol. The first-order valence-electron chi connectivity index (χ1n) is 7.04. The molecule has 2 heterocycles. The number of anilines is 1. The van der Waals surface area contributed by atoms with Gasteiger partial charge in [0, 0.05) is 31.9 Å². The van der Waals surface area contributed by atoms with Crippen molar-refractivity contribution in [1.82, 2.24) is 25.5 Å². The van der Waals surface area contributed by atoms with Crippen LogP contribution in [0.4, 0.5) is 5.69 Å². The van der Waals surface area contributed by atoms with Gasteiger partial charge in [0.15, 0.2) is 5.82 Å². The van der Waals surface area contributed by atoms with Crippen LogP contribution in [0, 0.1) is 6.92 Å². The number of nitrogens with one attached hydrogen (secondary N) is 1. The predicted octanol–water partition coefficient (Wildman–Crippen LogP) is 0.399. The fraction of sp³-hybridized carbons (Fsp3) is 0.429. The Balaban J connectivity index is 1.56. The number of piperazine rings is 1. The average molecular weight is 286 g/mol. The molecule has 1 N–H and O–H groups in total. The lowest BCUT2D eigenvalue weighted by molar-refractivity contribution is -0.130. The molecule has 1 fully saturated rings. The number of hydrogen-bond donors (Lipinski definition) is 1. The highest BCUT2D eigenvalue weighted by atomic mass is 16.2. The summed E-state index contributed by atoms with van der Waals surface area (Å²) in [6.07, 6.45) is 0.209. The van der Waals surface area contributed by atoms with Gasteiger partial charge in [0.25, 0.3) is 0 Å². The van der Waals surface area contributed by atoms with Gasteiger partial charge in [-0.15, -0.1) is 10.2 Å². The first-order chi connectivity index (χ1) is 10.2. The Morgan fingerprint density at radius 2 is 2.10 bits per heavy atom. The number of rotatable bonds is 3. The first kappa shape index (κ1) is 13.5. The third-order valence-corrected chi connectivity index (χ3v) is 3.70. The SMILES string of the molecule is Cc1cccc(N2CCN(C(=O)Cc3nn[nH]n3)CC2)c1. The molecular formula is C14H18N6O. The second-order valence-electron chi connectivity index (χ2n) is 5.21. The first-order valence-corrected chi connectivity index (χ1v) is 7.04. The van der Waals surface area contributed by atoms with Crippen LogP contribution < -0.4 is 4.90 Å². The topological polar surface area (TPSA) is 78.0 Å². The lowest BCUT2D eigenvalue weighted by Crippen LogP contribution is -2.49. The molecule has 1 aromatic heterocycles. The van der Waals surface area contributed by atoms with E-state index in [4.69, 9.17) is 0 Å². The Morgan fingerprint density at radius 1 is 1.29 bits per heavy atom. The molecule has 1 aromatic carbocycles. The van der Waals surface area contributed by atoms with Crippen molar-refractivity contribution in [1.29, 1.82) is 0 Å². The van der Waals surface area contributed by atoms with Crippen molar-refractivity contribution in [3.8, 4) is 0 Å². The number of nitrogens with zero attached hydrogens (tertiary/aromatic N) is 5. The van der Waals surface area contributed by atoms with Gasteiger partial charge in [-0.1, -0.05) is 17.3 Å². The maximum absolute atomic E-state index is 12.1. The van der Waals surface area contributed by atoms with E-state index >= 15 is 0 Å². The number of carbonyl (C=O) groups excluding carboxylic acids is 1. The van der Waals surface area contributed by atoms with Gasteiger partial charge in [0.1, 0.15) is 0 Å². The van der Waals surface area contributed by atoms with Crippen molar-refractivity contribution in [3.63, 3.8) is 0 Å². The van der Waals surface area contributed by atoms with Crippen LogP contribution in [0.15, 0.2) is 24.3 Å². The summed E-state index contributed by atoms with van der Waals surface area (Å²) in [4.78, 5) is 16.3. The Bertz CT molecular complexity index is 604. The number of aryl methyl sites for hydroxylation is 1. The van der Waals surface area contributed by atoms with Gasteiger partial charge in [-0.05, 0) is 24.6 Å². The Morgan fingerprint density at radius 3 is 2.76 bits per heavy atom. The smallest absolute Gasteiger partial charge is 0.230 e. The van der Waals surface area contributed by atoms with Crippen LogP contribution >= 0.6 is 0 Å². The van der Waals surface area contributed by atoms with Crippen molar-refractivity contribution >= 4 is 11.6 Å². The highest BCUT2D eigenvalue weighted by Crippen LogP contribution is 2.17. The third kappa shape index (κ3) is 3.18. The highest BCUT2D eigenvalue weighted by molar-refractivity contribution is 5.78. The zero-order valence-electron chi connectivity index (χ0n) is 12.0. The lowest BCUT2D eigenvalue weighted by atomic mass is 10.2. The molecule has 2 aromatic rings. The summed E-state index contributed by atoms with van der Waals surface area (Å²) < 4.78 is 0. The Labute approximate surface area is 122 Å². The van der Waals surface area contributed by atoms with Gasteiger partial charge in [-0.2, -0.15) is 5.21 Å². The summed E-state index contributed by atoms with van der Waals surface area (Å²) in [6.45, 7) is 5.24. The molecule has 1 aliphatic rings. The molecule has 1 amide bonds. The maximum atomic E-state index is 12.1. The van der Waals surface area contributed by atoms with Crippen molar-refractivity contribution in [2.24, 2.45) is 0 Å². The van der Waals surface area contributed by atoms with E-state index < -0.39 is 0 Å². The molecule has 3 rings (SSSR count). The molecule has 7 heteroatoms. The van der Waals surface area contributed by atoms with Crippen molar-refractivity contribution in [3.05, 3.63) is 35.7 Å². The van der Waals surface area contributed by atoms with Gasteiger partial charge >= 0.3 is 0 Å². The van der Waals surface area contributed by atoms with Crippen molar-refractivity contribution in [2.45, 2.75) is 13.3 Å². The molecule has 0 atom stereocenters. The number of H-pyrrole nitrogens is 1. The normalized spacial score (nSPS) is 15.3. The molecule has 7 nitrogen and oxygen atoms in total. The molecule has 0 bridgehead atoms. The summed E-state index contributed by atoms with van der Waals surface area (Å²) in [6, 6.07) is 8.45. The molecule has 0 saturated carbocycles. The van der Waals surface area contributed by atoms with E-state index in [-0.39, 0.29) is 12.3 Å². The number of aromatic nitrogens is 4. The molecular weight excluding hydrogens is 268 g/mol. The molecule has 0 spiro atoms. The standard InChI is InChI=1S/C14H18N6O/c1-11-3-2-4-12(9-11)19-5-7-20(8-6-19)14(21)10-13-15-17-18-16-13/h2-4,9H,5-8,10H2,1H3,(H,15,16,17,18). The largest absolute Gasteiger partial charge is 0.368 e. The van der Waals surface area contributed by atoms with Gasteiger partial charge in [-0.25, -0.2) is 0 Å². The second-order valence-corrected chi connectivity index (χ2v) is 5.21. The zero-order valence-corrected chi connectivity index (χ0v) is 12.0. The van der Waals surface area contributed by atoms with E-state index in [0.717, 1.165) is 26.2 Å². The van der Waals surface area contributed by atoms with E-state index in [0.29, 0.717) is 5.82 Å². The van der Waals surface area contributed by atoms with Gasteiger partial charge < -0.3 is 9.80 Å². The van der Waals surface area contributed by atoms with E-state index in [1.807, 2.05) is 4.90 Å². The van der Waals surface area contributed by atoms with Crippen molar-refractivity contribution < 1.29 is 4.79 Å². The Kier molecular flexibility index (Phi) is 3.81. The molecule has 1 saturated heterocycles. The zero-order chi connectivity index (χ0) is 14.7. The van der Waals surface area contributed by atoms with Gasteiger partial charge in [0.05, 0.1) is 6.42 Å².